The number of imidazole rings is 1. The van der Waals surface area contributed by atoms with Gasteiger partial charge in [-0.05, 0) is 31.2 Å². The number of halogens is 3. The fraction of sp³-hybridized carbons (Fsp3) is 0.278. The van der Waals surface area contributed by atoms with Gasteiger partial charge in [0.1, 0.15) is 10.7 Å². The van der Waals surface area contributed by atoms with E-state index in [1.54, 1.807) is 6.20 Å². The lowest BCUT2D eigenvalue weighted by Gasteiger charge is -2.34. The minimum Gasteiger partial charge on any atom is -0.352 e. The Labute approximate surface area is 189 Å². The largest absolute Gasteiger partial charge is 0.352 e. The molecule has 1 saturated heterocycles. The molecule has 0 spiro atoms. The molecular formula is C18H17Cl3N6O2S. The van der Waals surface area contributed by atoms with Crippen molar-refractivity contribution < 1.29 is 8.42 Å². The van der Waals surface area contributed by atoms with Gasteiger partial charge in [-0.2, -0.15) is 4.31 Å². The van der Waals surface area contributed by atoms with Crippen molar-refractivity contribution in [2.24, 2.45) is 0 Å². The zero-order valence-electron chi connectivity index (χ0n) is 15.8. The van der Waals surface area contributed by atoms with Gasteiger partial charge >= 0.3 is 0 Å². The van der Waals surface area contributed by atoms with Crippen LogP contribution in [-0.4, -0.2) is 58.7 Å². The highest BCUT2D eigenvalue weighted by atomic mass is 35.5. The highest BCUT2D eigenvalue weighted by molar-refractivity contribution is 7.89. The maximum atomic E-state index is 13.0. The molecule has 0 saturated carbocycles. The molecule has 158 valence electrons. The van der Waals surface area contributed by atoms with Gasteiger partial charge in [0.25, 0.3) is 0 Å². The van der Waals surface area contributed by atoms with Gasteiger partial charge in [-0.1, -0.05) is 34.8 Å². The van der Waals surface area contributed by atoms with Crippen molar-refractivity contribution in [3.8, 4) is 5.82 Å². The van der Waals surface area contributed by atoms with E-state index < -0.39 is 10.0 Å². The topological polar surface area (TPSA) is 84.2 Å². The molecule has 0 amide bonds. The summed E-state index contributed by atoms with van der Waals surface area (Å²) in [5.74, 6) is 2.17. The Morgan fingerprint density at radius 1 is 0.900 bits per heavy atom. The van der Waals surface area contributed by atoms with Crippen LogP contribution in [0.25, 0.3) is 5.82 Å². The number of anilines is 1. The van der Waals surface area contributed by atoms with E-state index in [9.17, 15) is 8.42 Å². The number of nitrogens with zero attached hydrogens (tertiary/aromatic N) is 6. The smallest absolute Gasteiger partial charge is 0.244 e. The van der Waals surface area contributed by atoms with Gasteiger partial charge in [0.2, 0.25) is 10.0 Å². The standard InChI is InChI=1S/C18H17Cl3N6O2S/c1-12-22-4-5-27(12)18-3-2-17(23-24-18)25-6-8-26(9-7-25)30(28,29)16-11-14(20)13(19)10-15(16)21/h2-5,10-11H,6-9H2,1H3. The summed E-state index contributed by atoms with van der Waals surface area (Å²) < 4.78 is 29.2. The molecule has 3 aromatic rings. The Morgan fingerprint density at radius 2 is 1.53 bits per heavy atom. The molecule has 0 unspecified atom stereocenters. The number of hydrogen-bond donors (Lipinski definition) is 0. The van der Waals surface area contributed by atoms with Crippen LogP contribution in [0.1, 0.15) is 5.82 Å². The van der Waals surface area contributed by atoms with Crippen LogP contribution in [0.15, 0.2) is 41.6 Å². The molecule has 2 aromatic heterocycles. The van der Waals surface area contributed by atoms with Crippen molar-refractivity contribution in [2.45, 2.75) is 11.8 Å². The number of sulfonamides is 1. The molecule has 0 radical (unpaired) electrons. The summed E-state index contributed by atoms with van der Waals surface area (Å²) in [4.78, 5) is 6.11. The molecule has 4 rings (SSSR count). The molecule has 1 aliphatic rings. The molecule has 0 atom stereocenters. The molecule has 0 bridgehead atoms. The maximum absolute atomic E-state index is 13.0. The Balaban J connectivity index is 1.47. The number of benzene rings is 1. The molecule has 3 heterocycles. The Kier molecular flexibility index (Phi) is 5.91. The van der Waals surface area contributed by atoms with E-state index in [1.807, 2.05) is 34.7 Å². The van der Waals surface area contributed by atoms with Gasteiger partial charge in [-0.3, -0.25) is 4.57 Å². The highest BCUT2D eigenvalue weighted by Gasteiger charge is 2.31. The second kappa shape index (κ2) is 8.32. The summed E-state index contributed by atoms with van der Waals surface area (Å²) in [7, 11) is -3.79. The van der Waals surface area contributed by atoms with Crippen LogP contribution in [0.2, 0.25) is 15.1 Å². The fourth-order valence-corrected chi connectivity index (χ4v) is 5.63. The van der Waals surface area contributed by atoms with Crippen LogP contribution in [-0.2, 0) is 10.0 Å². The lowest BCUT2D eigenvalue weighted by Crippen LogP contribution is -2.49. The van der Waals surface area contributed by atoms with Crippen molar-refractivity contribution in [3.05, 3.63) is 57.6 Å². The predicted molar refractivity (Wildman–Crippen MR) is 116 cm³/mol. The van der Waals surface area contributed by atoms with Crippen LogP contribution in [0.5, 0.6) is 0 Å². The second-order valence-electron chi connectivity index (χ2n) is 6.68. The van der Waals surface area contributed by atoms with E-state index in [4.69, 9.17) is 34.8 Å². The fourth-order valence-electron chi connectivity index (χ4n) is 3.23. The average molecular weight is 488 g/mol. The summed E-state index contributed by atoms with van der Waals surface area (Å²) >= 11 is 18.0. The van der Waals surface area contributed by atoms with E-state index in [2.05, 4.69) is 15.2 Å². The first kappa shape index (κ1) is 21.3. The van der Waals surface area contributed by atoms with E-state index in [-0.39, 0.29) is 33.1 Å². The molecule has 30 heavy (non-hydrogen) atoms. The van der Waals surface area contributed by atoms with Crippen molar-refractivity contribution in [3.63, 3.8) is 0 Å². The van der Waals surface area contributed by atoms with Gasteiger partial charge in [-0.15, -0.1) is 10.2 Å². The van der Waals surface area contributed by atoms with E-state index >= 15 is 0 Å². The van der Waals surface area contributed by atoms with Crippen LogP contribution in [0.4, 0.5) is 5.82 Å². The molecule has 12 heteroatoms. The van der Waals surface area contributed by atoms with Gasteiger partial charge < -0.3 is 4.90 Å². The van der Waals surface area contributed by atoms with Crippen LogP contribution in [0, 0.1) is 6.92 Å². The van der Waals surface area contributed by atoms with Gasteiger partial charge in [-0.25, -0.2) is 13.4 Å². The summed E-state index contributed by atoms with van der Waals surface area (Å²) in [6.07, 6.45) is 3.52. The molecule has 1 fully saturated rings. The van der Waals surface area contributed by atoms with Crippen molar-refractivity contribution in [2.75, 3.05) is 31.1 Å². The third-order valence-corrected chi connectivity index (χ3v) is 7.95. The molecule has 0 aliphatic carbocycles. The molecule has 8 nitrogen and oxygen atoms in total. The minimum absolute atomic E-state index is 0.0445. The third-order valence-electron chi connectivity index (χ3n) is 4.86. The summed E-state index contributed by atoms with van der Waals surface area (Å²) in [5, 5.41) is 8.94. The van der Waals surface area contributed by atoms with E-state index in [1.165, 1.54) is 16.4 Å². The molecular weight excluding hydrogens is 471 g/mol. The Bertz CT molecular complexity index is 1180. The quantitative estimate of drug-likeness (QED) is 0.524. The second-order valence-corrected chi connectivity index (χ2v) is 9.81. The summed E-state index contributed by atoms with van der Waals surface area (Å²) in [6, 6.07) is 6.35. The Hall–Kier alpha value is -1.91. The minimum atomic E-state index is -3.79. The predicted octanol–water partition coefficient (Wildman–Crippen LogP) is 3.44. The number of aromatic nitrogens is 4. The average Bonchev–Trinajstić information content (AvgIpc) is 3.16. The third kappa shape index (κ3) is 4.00. The van der Waals surface area contributed by atoms with Crippen molar-refractivity contribution in [1.29, 1.82) is 0 Å². The zero-order valence-corrected chi connectivity index (χ0v) is 18.9. The first-order valence-corrected chi connectivity index (χ1v) is 11.6. The zero-order chi connectivity index (χ0) is 21.5. The highest BCUT2D eigenvalue weighted by Crippen LogP contribution is 2.33. The number of aryl methyl sites for hydroxylation is 1. The molecule has 0 N–H and O–H groups in total. The monoisotopic (exact) mass is 486 g/mol. The normalized spacial score (nSPS) is 15.5. The van der Waals surface area contributed by atoms with Gasteiger partial charge in [0.05, 0.1) is 15.1 Å². The number of piperazine rings is 1. The van der Waals surface area contributed by atoms with Gasteiger partial charge in [0.15, 0.2) is 11.6 Å². The lowest BCUT2D eigenvalue weighted by molar-refractivity contribution is 0.383. The maximum Gasteiger partial charge on any atom is 0.244 e. The van der Waals surface area contributed by atoms with Crippen LogP contribution >= 0.6 is 34.8 Å². The lowest BCUT2D eigenvalue weighted by atomic mass is 10.3. The van der Waals surface area contributed by atoms with Crippen LogP contribution < -0.4 is 4.90 Å². The van der Waals surface area contributed by atoms with Crippen molar-refractivity contribution >= 4 is 50.6 Å². The van der Waals surface area contributed by atoms with Gasteiger partial charge in [0, 0.05) is 38.6 Å². The van der Waals surface area contributed by atoms with Crippen molar-refractivity contribution in [1.82, 2.24) is 24.1 Å². The SMILES string of the molecule is Cc1nccn1-c1ccc(N2CCN(S(=O)(=O)c3cc(Cl)c(Cl)cc3Cl)CC2)nn1. The first-order valence-electron chi connectivity index (χ1n) is 9.01. The van der Waals surface area contributed by atoms with Crippen LogP contribution in [0.3, 0.4) is 0 Å². The number of hydrogen-bond acceptors (Lipinski definition) is 6. The molecule has 1 aliphatic heterocycles. The Morgan fingerprint density at radius 3 is 2.13 bits per heavy atom. The number of rotatable bonds is 4. The van der Waals surface area contributed by atoms with E-state index in [0.717, 1.165) is 5.82 Å². The summed E-state index contributed by atoms with van der Waals surface area (Å²) in [6.45, 7) is 3.38. The first-order chi connectivity index (χ1) is 14.3. The summed E-state index contributed by atoms with van der Waals surface area (Å²) in [5.41, 5.74) is 0. The van der Waals surface area contributed by atoms with E-state index in [0.29, 0.717) is 24.7 Å². The molecule has 1 aromatic carbocycles.